The number of rotatable bonds is 5. The number of piperazine rings is 1. The zero-order valence-corrected chi connectivity index (χ0v) is 13.0. The highest BCUT2D eigenvalue weighted by Crippen LogP contribution is 2.17. The van der Waals surface area contributed by atoms with Crippen molar-refractivity contribution in [2.45, 2.75) is 65.2 Å². The summed E-state index contributed by atoms with van der Waals surface area (Å²) in [6.07, 6.45) is 2.99. The van der Waals surface area contributed by atoms with Gasteiger partial charge in [0.05, 0.1) is 6.54 Å². The minimum atomic E-state index is -0.483. The Balaban J connectivity index is 2.21. The zero-order chi connectivity index (χ0) is 15.6. The smallest absolute Gasteiger partial charge is 0.246 e. The summed E-state index contributed by atoms with van der Waals surface area (Å²) in [7, 11) is 0. The monoisotopic (exact) mass is 293 g/mol. The summed E-state index contributed by atoms with van der Waals surface area (Å²) in [4.78, 5) is 30.4. The van der Waals surface area contributed by atoms with E-state index in [9.17, 15) is 9.59 Å². The largest absolute Gasteiger partial charge is 0.343 e. The lowest BCUT2D eigenvalue weighted by Crippen LogP contribution is -2.62. The third-order valence-electron chi connectivity index (χ3n) is 3.77. The Morgan fingerprint density at radius 1 is 1.38 bits per heavy atom. The van der Waals surface area contributed by atoms with Gasteiger partial charge in [0, 0.05) is 6.04 Å². The number of carbonyl (C=O) groups is 2. The van der Waals surface area contributed by atoms with Gasteiger partial charge in [0.15, 0.2) is 0 Å². The number of amides is 2. The standard InChI is InChI=1S/C14H23N5O2/c1-5-6-11-14(21)18(10(4)13(20)17-11)7-12-15-8-16-19(12)9(2)3/h8-11H,5-7H2,1-4H3,(H,17,20). The second kappa shape index (κ2) is 6.24. The first-order valence-electron chi connectivity index (χ1n) is 7.45. The fourth-order valence-corrected chi connectivity index (χ4v) is 2.56. The first-order chi connectivity index (χ1) is 9.95. The van der Waals surface area contributed by atoms with E-state index in [1.165, 1.54) is 6.33 Å². The van der Waals surface area contributed by atoms with Gasteiger partial charge in [-0.15, -0.1) is 0 Å². The molecule has 1 N–H and O–H groups in total. The Hall–Kier alpha value is -1.92. The van der Waals surface area contributed by atoms with Crippen molar-refractivity contribution in [1.29, 1.82) is 0 Å². The van der Waals surface area contributed by atoms with Crippen LogP contribution in [0, 0.1) is 0 Å². The minimum absolute atomic E-state index is 0.0396. The quantitative estimate of drug-likeness (QED) is 0.873. The molecule has 0 spiro atoms. The summed E-state index contributed by atoms with van der Waals surface area (Å²) in [5.41, 5.74) is 0. The normalized spacial score (nSPS) is 22.8. The molecule has 7 heteroatoms. The molecule has 1 aliphatic rings. The van der Waals surface area contributed by atoms with Gasteiger partial charge in [-0.25, -0.2) is 9.67 Å². The lowest BCUT2D eigenvalue weighted by atomic mass is 10.0. The molecule has 1 aromatic rings. The summed E-state index contributed by atoms with van der Waals surface area (Å²) in [6.45, 7) is 8.06. The van der Waals surface area contributed by atoms with Gasteiger partial charge in [0.25, 0.3) is 0 Å². The molecule has 2 unspecified atom stereocenters. The van der Waals surface area contributed by atoms with Gasteiger partial charge in [0.1, 0.15) is 24.2 Å². The van der Waals surface area contributed by atoms with Crippen LogP contribution >= 0.6 is 0 Å². The molecule has 1 aliphatic heterocycles. The van der Waals surface area contributed by atoms with E-state index in [1.807, 2.05) is 20.8 Å². The van der Waals surface area contributed by atoms with Gasteiger partial charge < -0.3 is 10.2 Å². The SMILES string of the molecule is CCCC1NC(=O)C(C)N(Cc2ncnn2C(C)C)C1=O. The molecule has 0 saturated carbocycles. The van der Waals surface area contributed by atoms with Crippen LogP contribution in [0.3, 0.4) is 0 Å². The molecule has 0 aliphatic carbocycles. The Bertz CT molecular complexity index is 525. The van der Waals surface area contributed by atoms with E-state index >= 15 is 0 Å². The molecule has 0 radical (unpaired) electrons. The van der Waals surface area contributed by atoms with Crippen LogP contribution in [0.4, 0.5) is 0 Å². The van der Waals surface area contributed by atoms with Crippen LogP contribution in [-0.4, -0.2) is 43.6 Å². The average molecular weight is 293 g/mol. The highest BCUT2D eigenvalue weighted by Gasteiger charge is 2.38. The molecule has 2 amide bonds. The predicted octanol–water partition coefficient (Wildman–Crippen LogP) is 0.875. The Kier molecular flexibility index (Phi) is 4.59. The first-order valence-corrected chi connectivity index (χ1v) is 7.45. The summed E-state index contributed by atoms with van der Waals surface area (Å²) < 4.78 is 1.78. The molecule has 2 atom stereocenters. The summed E-state index contributed by atoms with van der Waals surface area (Å²) in [5.74, 6) is 0.557. The third kappa shape index (κ3) is 3.06. The molecular formula is C14H23N5O2. The van der Waals surface area contributed by atoms with Crippen LogP contribution in [0.5, 0.6) is 0 Å². The van der Waals surface area contributed by atoms with Gasteiger partial charge in [-0.1, -0.05) is 13.3 Å². The zero-order valence-electron chi connectivity index (χ0n) is 13.0. The third-order valence-corrected chi connectivity index (χ3v) is 3.77. The number of carbonyl (C=O) groups excluding carboxylic acids is 2. The Labute approximate surface area is 124 Å². The van der Waals surface area contributed by atoms with Crippen molar-refractivity contribution in [1.82, 2.24) is 25.0 Å². The molecule has 21 heavy (non-hydrogen) atoms. The minimum Gasteiger partial charge on any atom is -0.343 e. The molecule has 2 rings (SSSR count). The molecule has 2 heterocycles. The van der Waals surface area contributed by atoms with Crippen molar-refractivity contribution in [3.8, 4) is 0 Å². The van der Waals surface area contributed by atoms with Crippen molar-refractivity contribution in [2.75, 3.05) is 0 Å². The fraction of sp³-hybridized carbons (Fsp3) is 0.714. The maximum absolute atomic E-state index is 12.5. The maximum atomic E-state index is 12.5. The van der Waals surface area contributed by atoms with Crippen molar-refractivity contribution >= 4 is 11.8 Å². The number of hydrogen-bond donors (Lipinski definition) is 1. The molecule has 7 nitrogen and oxygen atoms in total. The van der Waals surface area contributed by atoms with E-state index < -0.39 is 12.1 Å². The highest BCUT2D eigenvalue weighted by molar-refractivity contribution is 5.96. The average Bonchev–Trinajstić information content (AvgIpc) is 2.89. The van der Waals surface area contributed by atoms with Crippen molar-refractivity contribution in [3.63, 3.8) is 0 Å². The van der Waals surface area contributed by atoms with Crippen LogP contribution in [-0.2, 0) is 16.1 Å². The van der Waals surface area contributed by atoms with Crippen LogP contribution in [0.15, 0.2) is 6.33 Å². The molecule has 116 valence electrons. The molecule has 1 fully saturated rings. The number of nitrogens with one attached hydrogen (secondary N) is 1. The lowest BCUT2D eigenvalue weighted by molar-refractivity contribution is -0.149. The maximum Gasteiger partial charge on any atom is 0.246 e. The van der Waals surface area contributed by atoms with Crippen LogP contribution in [0.25, 0.3) is 0 Å². The molecule has 0 aromatic carbocycles. The van der Waals surface area contributed by atoms with Gasteiger partial charge in [-0.2, -0.15) is 5.10 Å². The summed E-state index contributed by atoms with van der Waals surface area (Å²) >= 11 is 0. The predicted molar refractivity (Wildman–Crippen MR) is 77.3 cm³/mol. The molecule has 1 saturated heterocycles. The van der Waals surface area contributed by atoms with Gasteiger partial charge >= 0.3 is 0 Å². The Morgan fingerprint density at radius 3 is 2.71 bits per heavy atom. The number of hydrogen-bond acceptors (Lipinski definition) is 4. The fourth-order valence-electron chi connectivity index (χ4n) is 2.56. The van der Waals surface area contributed by atoms with Crippen molar-refractivity contribution in [2.24, 2.45) is 0 Å². The van der Waals surface area contributed by atoms with E-state index in [2.05, 4.69) is 15.4 Å². The topological polar surface area (TPSA) is 80.1 Å². The molecule has 0 bridgehead atoms. The van der Waals surface area contributed by atoms with Crippen LogP contribution < -0.4 is 5.32 Å². The van der Waals surface area contributed by atoms with E-state index in [0.717, 1.165) is 6.42 Å². The van der Waals surface area contributed by atoms with Crippen molar-refractivity contribution < 1.29 is 9.59 Å². The van der Waals surface area contributed by atoms with Crippen LogP contribution in [0.2, 0.25) is 0 Å². The van der Waals surface area contributed by atoms with Gasteiger partial charge in [0.2, 0.25) is 11.8 Å². The van der Waals surface area contributed by atoms with Crippen molar-refractivity contribution in [3.05, 3.63) is 12.2 Å². The summed E-state index contributed by atoms with van der Waals surface area (Å²) in [6, 6.07) is -0.741. The first kappa shape index (κ1) is 15.5. The summed E-state index contributed by atoms with van der Waals surface area (Å²) in [5, 5.41) is 6.96. The van der Waals surface area contributed by atoms with E-state index in [1.54, 1.807) is 16.5 Å². The van der Waals surface area contributed by atoms with E-state index in [4.69, 9.17) is 0 Å². The van der Waals surface area contributed by atoms with E-state index in [-0.39, 0.29) is 17.9 Å². The van der Waals surface area contributed by atoms with E-state index in [0.29, 0.717) is 18.8 Å². The van der Waals surface area contributed by atoms with Gasteiger partial charge in [-0.05, 0) is 27.2 Å². The Morgan fingerprint density at radius 2 is 2.10 bits per heavy atom. The lowest BCUT2D eigenvalue weighted by Gasteiger charge is -2.37. The second-order valence-corrected chi connectivity index (χ2v) is 5.71. The second-order valence-electron chi connectivity index (χ2n) is 5.71. The van der Waals surface area contributed by atoms with Crippen LogP contribution in [0.1, 0.15) is 52.4 Å². The molecular weight excluding hydrogens is 270 g/mol. The highest BCUT2D eigenvalue weighted by atomic mass is 16.2. The number of aromatic nitrogens is 3. The number of nitrogens with zero attached hydrogens (tertiary/aromatic N) is 4. The van der Waals surface area contributed by atoms with Gasteiger partial charge in [-0.3, -0.25) is 9.59 Å². The molecule has 1 aromatic heterocycles.